The molecule has 0 radical (unpaired) electrons. The van der Waals surface area contributed by atoms with E-state index in [0.717, 1.165) is 6.54 Å². The zero-order chi connectivity index (χ0) is 14.1. The zero-order valence-corrected chi connectivity index (χ0v) is 11.7. The normalized spacial score (nSPS) is 15.7. The fourth-order valence-electron chi connectivity index (χ4n) is 2.38. The molecule has 1 rings (SSSR count). The summed E-state index contributed by atoms with van der Waals surface area (Å²) in [6.07, 6.45) is 5.70. The van der Waals surface area contributed by atoms with Crippen LogP contribution < -0.4 is 10.6 Å². The Morgan fingerprint density at radius 2 is 1.84 bits per heavy atom. The van der Waals surface area contributed by atoms with Gasteiger partial charge in [0.25, 0.3) is 0 Å². The first-order chi connectivity index (χ1) is 9.09. The Bertz CT molecular complexity index is 291. The van der Waals surface area contributed by atoms with Crippen LogP contribution in [0.15, 0.2) is 0 Å². The third-order valence-electron chi connectivity index (χ3n) is 3.55. The molecule has 0 aromatic carbocycles. The van der Waals surface area contributed by atoms with Crippen molar-refractivity contribution in [1.29, 1.82) is 0 Å². The predicted molar refractivity (Wildman–Crippen MR) is 73.2 cm³/mol. The lowest BCUT2D eigenvalue weighted by Gasteiger charge is -2.23. The van der Waals surface area contributed by atoms with E-state index >= 15 is 0 Å². The van der Waals surface area contributed by atoms with Crippen LogP contribution in [0, 0.1) is 0 Å². The summed E-state index contributed by atoms with van der Waals surface area (Å²) < 4.78 is 0. The molecule has 0 aromatic rings. The smallest absolute Gasteiger partial charge is 0.314 e. The number of rotatable bonds is 8. The minimum Gasteiger partial charge on any atom is -0.481 e. The van der Waals surface area contributed by atoms with Gasteiger partial charge in [-0.05, 0) is 26.3 Å². The first-order valence-corrected chi connectivity index (χ1v) is 7.03. The number of carbonyl (C=O) groups excluding carboxylic acids is 1. The fourth-order valence-corrected chi connectivity index (χ4v) is 2.38. The van der Waals surface area contributed by atoms with Crippen molar-refractivity contribution < 1.29 is 14.7 Å². The second kappa shape index (κ2) is 8.74. The van der Waals surface area contributed by atoms with Crippen molar-refractivity contribution >= 4 is 12.0 Å². The van der Waals surface area contributed by atoms with Gasteiger partial charge >= 0.3 is 12.0 Å². The van der Waals surface area contributed by atoms with Gasteiger partial charge in [-0.1, -0.05) is 12.8 Å². The standard InChI is InChI=1S/C13H25N3O3/c1-16(11-5-2-3-6-11)10-9-15-13(19)14-8-4-7-12(17)18/h11H,2-10H2,1H3,(H,17,18)(H2,14,15,19). The van der Waals surface area contributed by atoms with Gasteiger partial charge in [0.05, 0.1) is 0 Å². The van der Waals surface area contributed by atoms with Crippen LogP contribution >= 0.6 is 0 Å². The number of carbonyl (C=O) groups is 2. The van der Waals surface area contributed by atoms with Gasteiger partial charge < -0.3 is 20.6 Å². The Kier molecular flexibility index (Phi) is 7.25. The lowest BCUT2D eigenvalue weighted by molar-refractivity contribution is -0.137. The van der Waals surface area contributed by atoms with Gasteiger partial charge in [0, 0.05) is 32.1 Å². The molecule has 0 aromatic heterocycles. The number of carboxylic acids is 1. The third kappa shape index (κ3) is 7.00. The average Bonchev–Trinajstić information content (AvgIpc) is 2.88. The van der Waals surface area contributed by atoms with E-state index in [1.165, 1.54) is 25.7 Å². The summed E-state index contributed by atoms with van der Waals surface area (Å²) in [5, 5.41) is 13.9. The van der Waals surface area contributed by atoms with E-state index in [4.69, 9.17) is 5.11 Å². The molecular weight excluding hydrogens is 246 g/mol. The molecule has 1 aliphatic carbocycles. The third-order valence-corrected chi connectivity index (χ3v) is 3.55. The van der Waals surface area contributed by atoms with Gasteiger partial charge in [-0.2, -0.15) is 0 Å². The average molecular weight is 271 g/mol. The molecule has 6 heteroatoms. The fraction of sp³-hybridized carbons (Fsp3) is 0.846. The molecule has 0 saturated heterocycles. The molecule has 0 spiro atoms. The van der Waals surface area contributed by atoms with E-state index in [1.807, 2.05) is 0 Å². The van der Waals surface area contributed by atoms with E-state index in [1.54, 1.807) is 0 Å². The topological polar surface area (TPSA) is 81.7 Å². The zero-order valence-electron chi connectivity index (χ0n) is 11.7. The van der Waals surface area contributed by atoms with Crippen LogP contribution in [0.2, 0.25) is 0 Å². The molecule has 1 fully saturated rings. The minimum absolute atomic E-state index is 0.0880. The van der Waals surface area contributed by atoms with E-state index in [0.29, 0.717) is 25.6 Å². The van der Waals surface area contributed by atoms with Crippen molar-refractivity contribution in [3.05, 3.63) is 0 Å². The maximum atomic E-state index is 11.4. The quantitative estimate of drug-likeness (QED) is 0.576. The number of urea groups is 1. The van der Waals surface area contributed by atoms with Crippen LogP contribution in [0.25, 0.3) is 0 Å². The summed E-state index contributed by atoms with van der Waals surface area (Å²) in [6.45, 7) is 1.88. The van der Waals surface area contributed by atoms with Crippen LogP contribution in [0.3, 0.4) is 0 Å². The number of likely N-dealkylation sites (N-methyl/N-ethyl adjacent to an activating group) is 1. The lowest BCUT2D eigenvalue weighted by Crippen LogP contribution is -2.41. The van der Waals surface area contributed by atoms with Crippen LogP contribution in [-0.2, 0) is 4.79 Å². The number of hydrogen-bond donors (Lipinski definition) is 3. The molecule has 0 unspecified atom stereocenters. The number of hydrogen-bond acceptors (Lipinski definition) is 3. The van der Waals surface area contributed by atoms with Crippen LogP contribution in [0.5, 0.6) is 0 Å². The first-order valence-electron chi connectivity index (χ1n) is 7.03. The number of carboxylic acid groups (broad SMARTS) is 1. The summed E-state index contributed by atoms with van der Waals surface area (Å²) in [5.74, 6) is -0.833. The molecule has 0 heterocycles. The number of nitrogens with zero attached hydrogens (tertiary/aromatic N) is 1. The first kappa shape index (κ1) is 15.8. The largest absolute Gasteiger partial charge is 0.481 e. The summed E-state index contributed by atoms with van der Waals surface area (Å²) in [6, 6.07) is 0.450. The van der Waals surface area contributed by atoms with Gasteiger partial charge in [-0.25, -0.2) is 4.79 Å². The van der Waals surface area contributed by atoms with Gasteiger partial charge in [0.15, 0.2) is 0 Å². The van der Waals surface area contributed by atoms with Gasteiger partial charge in [0.1, 0.15) is 0 Å². The van der Waals surface area contributed by atoms with E-state index in [-0.39, 0.29) is 12.5 Å². The monoisotopic (exact) mass is 271 g/mol. The highest BCUT2D eigenvalue weighted by Crippen LogP contribution is 2.21. The van der Waals surface area contributed by atoms with Gasteiger partial charge in [-0.3, -0.25) is 4.79 Å². The second-order valence-corrected chi connectivity index (χ2v) is 5.10. The molecular formula is C13H25N3O3. The Labute approximate surface area is 114 Å². The summed E-state index contributed by atoms with van der Waals surface area (Å²) >= 11 is 0. The van der Waals surface area contributed by atoms with Crippen LogP contribution in [0.4, 0.5) is 4.79 Å². The van der Waals surface area contributed by atoms with E-state index in [9.17, 15) is 9.59 Å². The minimum atomic E-state index is -0.833. The Hall–Kier alpha value is -1.30. The SMILES string of the molecule is CN(CCNC(=O)NCCCC(=O)O)C1CCCC1. The maximum absolute atomic E-state index is 11.4. The lowest BCUT2D eigenvalue weighted by atomic mass is 10.2. The Balaban J connectivity index is 1.98. The molecule has 1 saturated carbocycles. The highest BCUT2D eigenvalue weighted by Gasteiger charge is 2.18. The van der Waals surface area contributed by atoms with Crippen molar-refractivity contribution in [2.75, 3.05) is 26.7 Å². The van der Waals surface area contributed by atoms with Crippen molar-refractivity contribution in [2.45, 2.75) is 44.6 Å². The van der Waals surface area contributed by atoms with Gasteiger partial charge in [-0.15, -0.1) is 0 Å². The summed E-state index contributed by atoms with van der Waals surface area (Å²) in [4.78, 5) is 24.0. The Morgan fingerprint density at radius 1 is 1.21 bits per heavy atom. The van der Waals surface area contributed by atoms with Crippen molar-refractivity contribution in [1.82, 2.24) is 15.5 Å². The number of amides is 2. The molecule has 0 aliphatic heterocycles. The van der Waals surface area contributed by atoms with E-state index < -0.39 is 5.97 Å². The molecule has 6 nitrogen and oxygen atoms in total. The second-order valence-electron chi connectivity index (χ2n) is 5.10. The van der Waals surface area contributed by atoms with Crippen molar-refractivity contribution in [3.8, 4) is 0 Å². The molecule has 0 bridgehead atoms. The highest BCUT2D eigenvalue weighted by atomic mass is 16.4. The number of aliphatic carboxylic acids is 1. The van der Waals surface area contributed by atoms with Crippen molar-refractivity contribution in [2.24, 2.45) is 0 Å². The molecule has 0 atom stereocenters. The molecule has 110 valence electrons. The maximum Gasteiger partial charge on any atom is 0.314 e. The summed E-state index contributed by atoms with van der Waals surface area (Å²) in [7, 11) is 2.10. The van der Waals surface area contributed by atoms with Crippen LogP contribution in [0.1, 0.15) is 38.5 Å². The molecule has 2 amide bonds. The van der Waals surface area contributed by atoms with Crippen LogP contribution in [-0.4, -0.2) is 54.7 Å². The molecule has 1 aliphatic rings. The summed E-state index contributed by atoms with van der Waals surface area (Å²) in [5.41, 5.74) is 0. The highest BCUT2D eigenvalue weighted by molar-refractivity contribution is 5.73. The van der Waals surface area contributed by atoms with E-state index in [2.05, 4.69) is 22.6 Å². The predicted octanol–water partition coefficient (Wildman–Crippen LogP) is 1.02. The Morgan fingerprint density at radius 3 is 2.47 bits per heavy atom. The molecule has 19 heavy (non-hydrogen) atoms. The van der Waals surface area contributed by atoms with Gasteiger partial charge in [0.2, 0.25) is 0 Å². The van der Waals surface area contributed by atoms with Crippen molar-refractivity contribution in [3.63, 3.8) is 0 Å². The number of nitrogens with one attached hydrogen (secondary N) is 2. The molecule has 3 N–H and O–H groups in total.